The summed E-state index contributed by atoms with van der Waals surface area (Å²) in [6.07, 6.45) is 0.843. The van der Waals surface area contributed by atoms with Crippen LogP contribution >= 0.6 is 15.9 Å². The Labute approximate surface area is 171 Å². The first-order valence-electron chi connectivity index (χ1n) is 8.32. The number of aromatic hydroxyl groups is 1. The van der Waals surface area contributed by atoms with E-state index in [9.17, 15) is 14.7 Å². The number of hydrogen-bond acceptors (Lipinski definition) is 7. The van der Waals surface area contributed by atoms with E-state index in [-0.39, 0.29) is 29.5 Å². The van der Waals surface area contributed by atoms with E-state index in [2.05, 4.69) is 31.2 Å². The molecule has 0 atom stereocenters. The molecule has 0 aliphatic rings. The highest BCUT2D eigenvalue weighted by molar-refractivity contribution is 9.10. The first-order valence-corrected chi connectivity index (χ1v) is 9.11. The van der Waals surface area contributed by atoms with E-state index in [1.54, 1.807) is 40.0 Å². The zero-order chi connectivity index (χ0) is 21.1. The molecule has 0 spiro atoms. The summed E-state index contributed by atoms with van der Waals surface area (Å²) in [5, 5.41) is 13.1. The molecule has 2 amide bonds. The molecular formula is C18H22BrN5O4. The number of para-hydroxylation sites is 1. The second kappa shape index (κ2) is 8.42. The standard InChI is InChI=1S/C18H22BrN5O4/c1-18(2,3)28-17(27)24(4)9-10-6-5-7-11(14(10)25)22-16(26)13-15(20)21-8-12(19)23-13/h5-8,25H,9H2,1-4H3,(H2,20,21)(H,22,26). The van der Waals surface area contributed by atoms with Gasteiger partial charge in [0.2, 0.25) is 0 Å². The van der Waals surface area contributed by atoms with Gasteiger partial charge in [-0.15, -0.1) is 0 Å². The van der Waals surface area contributed by atoms with Crippen LogP contribution in [0.2, 0.25) is 0 Å². The molecule has 1 aromatic carbocycles. The van der Waals surface area contributed by atoms with Crippen molar-refractivity contribution in [2.75, 3.05) is 18.1 Å². The predicted molar refractivity (Wildman–Crippen MR) is 108 cm³/mol. The van der Waals surface area contributed by atoms with Gasteiger partial charge in [-0.1, -0.05) is 12.1 Å². The zero-order valence-electron chi connectivity index (χ0n) is 16.0. The van der Waals surface area contributed by atoms with E-state index >= 15 is 0 Å². The number of carbonyl (C=O) groups excluding carboxylic acids is 2. The Morgan fingerprint density at radius 2 is 2.04 bits per heavy atom. The number of nitrogens with zero attached hydrogens (tertiary/aromatic N) is 3. The summed E-state index contributed by atoms with van der Waals surface area (Å²) in [6.45, 7) is 5.39. The minimum atomic E-state index is -0.631. The smallest absolute Gasteiger partial charge is 0.410 e. The molecule has 150 valence electrons. The number of nitrogens with two attached hydrogens (primary N) is 1. The van der Waals surface area contributed by atoms with Crippen LogP contribution in [0.5, 0.6) is 5.75 Å². The SMILES string of the molecule is CN(Cc1cccc(NC(=O)c2nc(Br)cnc2N)c1O)C(=O)OC(C)(C)C. The number of aromatic nitrogens is 2. The fraction of sp³-hybridized carbons (Fsp3) is 0.333. The van der Waals surface area contributed by atoms with Gasteiger partial charge in [0.1, 0.15) is 16.0 Å². The number of carbonyl (C=O) groups is 2. The Kier molecular flexibility index (Phi) is 6.45. The van der Waals surface area contributed by atoms with Gasteiger partial charge in [0.05, 0.1) is 18.4 Å². The van der Waals surface area contributed by atoms with E-state index in [1.165, 1.54) is 17.2 Å². The topological polar surface area (TPSA) is 131 Å². The summed E-state index contributed by atoms with van der Waals surface area (Å²) >= 11 is 3.13. The summed E-state index contributed by atoms with van der Waals surface area (Å²) in [4.78, 5) is 33.7. The third kappa shape index (κ3) is 5.56. The highest BCUT2D eigenvalue weighted by Gasteiger charge is 2.21. The third-order valence-corrected chi connectivity index (χ3v) is 3.85. The number of anilines is 2. The third-order valence-electron chi connectivity index (χ3n) is 3.47. The molecule has 4 N–H and O–H groups in total. The summed E-state index contributed by atoms with van der Waals surface area (Å²) < 4.78 is 5.64. The Balaban J connectivity index is 2.17. The largest absolute Gasteiger partial charge is 0.505 e. The second-order valence-electron chi connectivity index (χ2n) is 7.03. The molecule has 10 heteroatoms. The van der Waals surface area contributed by atoms with Gasteiger partial charge in [-0.2, -0.15) is 0 Å². The Hall–Kier alpha value is -2.88. The molecule has 1 aromatic heterocycles. The molecule has 2 rings (SSSR count). The molecule has 1 heterocycles. The van der Waals surface area contributed by atoms with Gasteiger partial charge in [-0.05, 0) is 42.8 Å². The van der Waals surface area contributed by atoms with Crippen molar-refractivity contribution in [2.45, 2.75) is 32.9 Å². The molecule has 0 saturated carbocycles. The zero-order valence-corrected chi connectivity index (χ0v) is 17.6. The maximum Gasteiger partial charge on any atom is 0.410 e. The van der Waals surface area contributed by atoms with Gasteiger partial charge >= 0.3 is 6.09 Å². The van der Waals surface area contributed by atoms with Crippen LogP contribution in [0.15, 0.2) is 29.0 Å². The molecule has 0 fully saturated rings. The lowest BCUT2D eigenvalue weighted by atomic mass is 10.1. The Morgan fingerprint density at radius 3 is 2.68 bits per heavy atom. The van der Waals surface area contributed by atoms with E-state index in [1.807, 2.05) is 0 Å². The molecule has 0 bridgehead atoms. The van der Waals surface area contributed by atoms with Gasteiger partial charge in [0, 0.05) is 12.6 Å². The summed E-state index contributed by atoms with van der Waals surface area (Å²) in [5.41, 5.74) is 5.56. The first kappa shape index (κ1) is 21.4. The molecule has 28 heavy (non-hydrogen) atoms. The van der Waals surface area contributed by atoms with Crippen LogP contribution in [-0.2, 0) is 11.3 Å². The summed E-state index contributed by atoms with van der Waals surface area (Å²) in [5.74, 6) is -0.840. The van der Waals surface area contributed by atoms with E-state index in [4.69, 9.17) is 10.5 Å². The maximum absolute atomic E-state index is 12.4. The number of halogens is 1. The lowest BCUT2D eigenvalue weighted by molar-refractivity contribution is 0.0284. The van der Waals surface area contributed by atoms with Crippen LogP contribution in [0.25, 0.3) is 0 Å². The van der Waals surface area contributed by atoms with Gasteiger partial charge in [0.25, 0.3) is 5.91 Å². The van der Waals surface area contributed by atoms with Crippen molar-refractivity contribution in [3.8, 4) is 5.75 Å². The average Bonchev–Trinajstić information content (AvgIpc) is 2.58. The van der Waals surface area contributed by atoms with Crippen molar-refractivity contribution in [3.05, 3.63) is 40.3 Å². The van der Waals surface area contributed by atoms with E-state index in [0.717, 1.165) is 0 Å². The number of rotatable bonds is 4. The van der Waals surface area contributed by atoms with Crippen molar-refractivity contribution >= 4 is 39.4 Å². The lowest BCUT2D eigenvalue weighted by Gasteiger charge is -2.25. The molecule has 0 saturated heterocycles. The number of amides is 2. The molecule has 0 radical (unpaired) electrons. The van der Waals surface area contributed by atoms with Gasteiger partial charge in [-0.3, -0.25) is 4.79 Å². The number of nitrogen functional groups attached to an aromatic ring is 1. The normalized spacial score (nSPS) is 11.0. The maximum atomic E-state index is 12.4. The van der Waals surface area contributed by atoms with Gasteiger partial charge in [-0.25, -0.2) is 14.8 Å². The minimum Gasteiger partial charge on any atom is -0.505 e. The van der Waals surface area contributed by atoms with Crippen LogP contribution in [0.4, 0.5) is 16.3 Å². The number of benzene rings is 1. The van der Waals surface area contributed by atoms with Crippen LogP contribution < -0.4 is 11.1 Å². The number of ether oxygens (including phenoxy) is 1. The van der Waals surface area contributed by atoms with E-state index < -0.39 is 17.6 Å². The number of hydrogen-bond donors (Lipinski definition) is 3. The summed E-state index contributed by atoms with van der Waals surface area (Å²) in [6, 6.07) is 4.80. The molecule has 9 nitrogen and oxygen atoms in total. The molecule has 0 unspecified atom stereocenters. The van der Waals surface area contributed by atoms with Crippen molar-refractivity contribution in [1.29, 1.82) is 0 Å². The summed E-state index contributed by atoms with van der Waals surface area (Å²) in [7, 11) is 1.55. The van der Waals surface area contributed by atoms with Gasteiger partial charge < -0.3 is 25.8 Å². The van der Waals surface area contributed by atoms with Crippen molar-refractivity contribution in [2.24, 2.45) is 0 Å². The monoisotopic (exact) mass is 451 g/mol. The quantitative estimate of drug-likeness (QED) is 0.608. The second-order valence-corrected chi connectivity index (χ2v) is 7.84. The van der Waals surface area contributed by atoms with Gasteiger partial charge in [0.15, 0.2) is 11.5 Å². The van der Waals surface area contributed by atoms with Crippen molar-refractivity contribution < 1.29 is 19.4 Å². The molecule has 0 aliphatic carbocycles. The fourth-order valence-electron chi connectivity index (χ4n) is 2.21. The van der Waals surface area contributed by atoms with Crippen molar-refractivity contribution in [3.63, 3.8) is 0 Å². The highest BCUT2D eigenvalue weighted by atomic mass is 79.9. The van der Waals surface area contributed by atoms with Crippen LogP contribution in [0, 0.1) is 0 Å². The fourth-order valence-corrected chi connectivity index (χ4v) is 2.48. The lowest BCUT2D eigenvalue weighted by Crippen LogP contribution is -2.33. The van der Waals surface area contributed by atoms with E-state index in [0.29, 0.717) is 10.2 Å². The minimum absolute atomic E-state index is 0.0407. The Bertz CT molecular complexity index is 898. The Morgan fingerprint density at radius 1 is 1.36 bits per heavy atom. The number of nitrogens with one attached hydrogen (secondary N) is 1. The highest BCUT2D eigenvalue weighted by Crippen LogP contribution is 2.29. The van der Waals surface area contributed by atoms with Crippen LogP contribution in [0.1, 0.15) is 36.8 Å². The average molecular weight is 452 g/mol. The molecule has 2 aromatic rings. The molecule has 0 aliphatic heterocycles. The predicted octanol–water partition coefficient (Wildman–Crippen LogP) is 3.15. The van der Waals surface area contributed by atoms with Crippen LogP contribution in [-0.4, -0.2) is 44.6 Å². The number of phenols is 1. The number of phenolic OH excluding ortho intramolecular Hbond substituents is 1. The first-order chi connectivity index (χ1) is 13.0. The van der Waals surface area contributed by atoms with Crippen molar-refractivity contribution in [1.82, 2.24) is 14.9 Å². The van der Waals surface area contributed by atoms with Crippen LogP contribution in [0.3, 0.4) is 0 Å². The molecular weight excluding hydrogens is 430 g/mol.